The highest BCUT2D eigenvalue weighted by molar-refractivity contribution is 5.86. The average molecular weight is 575 g/mol. The molecule has 1 atom stereocenters. The van der Waals surface area contributed by atoms with E-state index < -0.39 is 74.7 Å². The molecule has 0 aliphatic carbocycles. The first-order valence-corrected chi connectivity index (χ1v) is 11.3. The van der Waals surface area contributed by atoms with Crippen LogP contribution in [0.15, 0.2) is 46.5 Å². The molecule has 212 valence electrons. The predicted octanol–water partition coefficient (Wildman–Crippen LogP) is 5.14. The van der Waals surface area contributed by atoms with Crippen LogP contribution in [0.1, 0.15) is 32.3 Å². The average Bonchev–Trinajstić information content (AvgIpc) is 2.86. The van der Waals surface area contributed by atoms with Crippen molar-refractivity contribution in [2.45, 2.75) is 44.7 Å². The zero-order valence-electron chi connectivity index (χ0n) is 21.2. The van der Waals surface area contributed by atoms with Crippen molar-refractivity contribution in [1.82, 2.24) is 24.7 Å². The highest BCUT2D eigenvalue weighted by atomic mass is 19.4. The zero-order valence-corrected chi connectivity index (χ0v) is 20.2. The normalized spacial score (nSPS) is 14.2. The summed E-state index contributed by atoms with van der Waals surface area (Å²) in [6, 6.07) is 0.507. The summed E-state index contributed by atoms with van der Waals surface area (Å²) >= 11 is 0. The number of anilines is 1. The fourth-order valence-corrected chi connectivity index (χ4v) is 3.91. The monoisotopic (exact) mass is 575 g/mol. The van der Waals surface area contributed by atoms with Crippen LogP contribution in [0.25, 0.3) is 22.2 Å². The molecule has 3 heterocycles. The van der Waals surface area contributed by atoms with E-state index >= 15 is 0 Å². The van der Waals surface area contributed by atoms with Crippen molar-refractivity contribution in [3.05, 3.63) is 80.4 Å². The van der Waals surface area contributed by atoms with Gasteiger partial charge in [-0.05, 0) is 37.3 Å². The van der Waals surface area contributed by atoms with E-state index in [1.165, 1.54) is 19.2 Å². The second-order valence-electron chi connectivity index (χ2n) is 8.62. The Morgan fingerprint density at radius 3 is 2.35 bits per heavy atom. The molecule has 16 heteroatoms. The standard InChI is InChI=1S/C24H18F8N6O2/c1-11(36-15-10-35-37-21(39)17(15)24(30,31)32)3-2-5-38-6-4-12-7-14(18(25)19(26)16(12)22(38)40)20-33-8-13(9-34-20)23(27,28)29/h4,6-11H,2-3,5H2,1H3,(H2,36,37,39)/i11D. The molecule has 0 bridgehead atoms. The molecular formula is C24H18F8N6O2. The lowest BCUT2D eigenvalue weighted by molar-refractivity contribution is -0.139. The molecule has 3 aromatic heterocycles. The topological polar surface area (TPSA) is 106 Å². The highest BCUT2D eigenvalue weighted by Crippen LogP contribution is 2.32. The molecule has 0 amide bonds. The van der Waals surface area contributed by atoms with Crippen molar-refractivity contribution >= 4 is 16.5 Å². The Bertz CT molecular complexity index is 1720. The van der Waals surface area contributed by atoms with Crippen molar-refractivity contribution < 1.29 is 36.5 Å². The van der Waals surface area contributed by atoms with Crippen LogP contribution in [-0.2, 0) is 18.9 Å². The lowest BCUT2D eigenvalue weighted by Crippen LogP contribution is -2.27. The molecule has 4 rings (SSSR count). The minimum atomic E-state index is -5.02. The van der Waals surface area contributed by atoms with Crippen molar-refractivity contribution in [3.8, 4) is 11.4 Å². The van der Waals surface area contributed by atoms with Crippen LogP contribution in [0.5, 0.6) is 0 Å². The molecule has 0 spiro atoms. The van der Waals surface area contributed by atoms with E-state index in [0.29, 0.717) is 18.6 Å². The van der Waals surface area contributed by atoms with Crippen LogP contribution >= 0.6 is 0 Å². The fourth-order valence-electron chi connectivity index (χ4n) is 3.91. The van der Waals surface area contributed by atoms with E-state index in [4.69, 9.17) is 1.37 Å². The number of pyridine rings is 1. The molecule has 0 aliphatic heterocycles. The molecule has 0 aliphatic rings. The first kappa shape index (κ1) is 27.2. The Morgan fingerprint density at radius 2 is 1.73 bits per heavy atom. The third-order valence-corrected chi connectivity index (χ3v) is 5.80. The van der Waals surface area contributed by atoms with Gasteiger partial charge in [-0.3, -0.25) is 9.59 Å². The van der Waals surface area contributed by atoms with E-state index in [1.54, 1.807) is 5.10 Å². The first-order valence-electron chi connectivity index (χ1n) is 11.8. The number of nitrogens with zero attached hydrogens (tertiary/aromatic N) is 4. The second-order valence-corrected chi connectivity index (χ2v) is 8.62. The number of halogens is 8. The van der Waals surface area contributed by atoms with Gasteiger partial charge in [0.05, 0.1) is 29.8 Å². The predicted molar refractivity (Wildman–Crippen MR) is 126 cm³/mol. The highest BCUT2D eigenvalue weighted by Gasteiger charge is 2.37. The van der Waals surface area contributed by atoms with E-state index in [2.05, 4.69) is 20.4 Å². The number of H-pyrrole nitrogens is 1. The number of benzene rings is 1. The van der Waals surface area contributed by atoms with E-state index in [9.17, 15) is 44.7 Å². The van der Waals surface area contributed by atoms with Crippen LogP contribution in [0.4, 0.5) is 40.8 Å². The van der Waals surface area contributed by atoms with Crippen LogP contribution in [0.2, 0.25) is 0 Å². The summed E-state index contributed by atoms with van der Waals surface area (Å²) in [6.07, 6.45) is -7.14. The van der Waals surface area contributed by atoms with E-state index in [-0.39, 0.29) is 24.8 Å². The maximum Gasteiger partial charge on any atom is 0.423 e. The third-order valence-electron chi connectivity index (χ3n) is 5.80. The zero-order chi connectivity index (χ0) is 30.3. The van der Waals surface area contributed by atoms with Crippen molar-refractivity contribution in [2.24, 2.45) is 0 Å². The summed E-state index contributed by atoms with van der Waals surface area (Å²) in [6.45, 7) is 1.09. The number of alkyl halides is 6. The van der Waals surface area contributed by atoms with Crippen LogP contribution in [0.3, 0.4) is 0 Å². The van der Waals surface area contributed by atoms with Crippen LogP contribution in [-0.4, -0.2) is 30.8 Å². The smallest absolute Gasteiger partial charge is 0.381 e. The number of hydrogen-bond acceptors (Lipinski definition) is 6. The summed E-state index contributed by atoms with van der Waals surface area (Å²) in [7, 11) is 0. The second kappa shape index (κ2) is 10.7. The maximum absolute atomic E-state index is 15.0. The fraction of sp³-hybridized carbons (Fsp3) is 0.292. The molecule has 0 radical (unpaired) electrons. The van der Waals surface area contributed by atoms with Gasteiger partial charge in [-0.2, -0.15) is 31.4 Å². The number of fused-ring (bicyclic) bond motifs is 1. The number of aromatic amines is 1. The Labute approximate surface area is 220 Å². The SMILES string of the molecule is [2H]C(C)(CCCn1ccc2cc(-c3ncc(C(F)(F)F)cn3)c(F)c(F)c2c1=O)Nc1cn[nH]c(=O)c1C(F)(F)F. The van der Waals surface area contributed by atoms with Crippen LogP contribution < -0.4 is 16.4 Å². The van der Waals surface area contributed by atoms with Crippen molar-refractivity contribution in [2.75, 3.05) is 5.32 Å². The summed E-state index contributed by atoms with van der Waals surface area (Å²) in [5.41, 5.74) is -6.49. The van der Waals surface area contributed by atoms with E-state index in [1.807, 2.05) is 0 Å². The molecule has 0 saturated heterocycles. The van der Waals surface area contributed by atoms with Gasteiger partial charge in [0.2, 0.25) is 0 Å². The molecule has 4 aromatic rings. The third kappa shape index (κ3) is 5.79. The van der Waals surface area contributed by atoms with Gasteiger partial charge in [-0.1, -0.05) is 0 Å². The summed E-state index contributed by atoms with van der Waals surface area (Å²) in [5, 5.41) is 6.56. The lowest BCUT2D eigenvalue weighted by Gasteiger charge is -2.18. The molecule has 8 nitrogen and oxygen atoms in total. The molecule has 2 N–H and O–H groups in total. The first-order chi connectivity index (χ1) is 19.0. The summed E-state index contributed by atoms with van der Waals surface area (Å²) in [4.78, 5) is 31.4. The minimum absolute atomic E-state index is 0.0119. The van der Waals surface area contributed by atoms with Crippen molar-refractivity contribution in [3.63, 3.8) is 0 Å². The summed E-state index contributed by atoms with van der Waals surface area (Å²) < 4.78 is 117. The van der Waals surface area contributed by atoms with Gasteiger partial charge >= 0.3 is 12.4 Å². The Balaban J connectivity index is 1.55. The van der Waals surface area contributed by atoms with Gasteiger partial charge in [0.15, 0.2) is 17.5 Å². The number of aryl methyl sites for hydroxylation is 1. The van der Waals surface area contributed by atoms with Gasteiger partial charge in [0.1, 0.15) is 5.56 Å². The Hall–Kier alpha value is -4.37. The van der Waals surface area contributed by atoms with Gasteiger partial charge in [-0.15, -0.1) is 0 Å². The Kier molecular flexibility index (Phi) is 7.25. The number of hydrogen-bond donors (Lipinski definition) is 2. The lowest BCUT2D eigenvalue weighted by atomic mass is 10.1. The number of aromatic nitrogens is 5. The van der Waals surface area contributed by atoms with Gasteiger partial charge in [0, 0.05) is 31.2 Å². The Morgan fingerprint density at radius 1 is 1.05 bits per heavy atom. The van der Waals surface area contributed by atoms with E-state index in [0.717, 1.165) is 10.6 Å². The minimum Gasteiger partial charge on any atom is -0.381 e. The van der Waals surface area contributed by atoms with Crippen LogP contribution in [0, 0.1) is 11.6 Å². The molecule has 0 saturated carbocycles. The van der Waals surface area contributed by atoms with Crippen molar-refractivity contribution in [1.29, 1.82) is 0 Å². The maximum atomic E-state index is 15.0. The molecule has 1 unspecified atom stereocenters. The molecule has 40 heavy (non-hydrogen) atoms. The largest absolute Gasteiger partial charge is 0.423 e. The quantitative estimate of drug-likeness (QED) is 0.296. The number of nitrogens with one attached hydrogen (secondary N) is 2. The number of rotatable bonds is 7. The summed E-state index contributed by atoms with van der Waals surface area (Å²) in [5.74, 6) is -3.66. The molecule has 1 aromatic carbocycles. The van der Waals surface area contributed by atoms with Gasteiger partial charge in [-0.25, -0.2) is 23.8 Å². The van der Waals surface area contributed by atoms with Gasteiger partial charge in [0.25, 0.3) is 11.1 Å². The van der Waals surface area contributed by atoms with Gasteiger partial charge < -0.3 is 9.88 Å². The molecular weight excluding hydrogens is 556 g/mol. The molecule has 0 fully saturated rings.